The number of rotatable bonds is 5. The van der Waals surface area contributed by atoms with Crippen molar-refractivity contribution in [2.45, 2.75) is 43.3 Å². The molecule has 4 nitrogen and oxygen atoms in total. The van der Waals surface area contributed by atoms with Gasteiger partial charge >= 0.3 is 0 Å². The zero-order valence-corrected chi connectivity index (χ0v) is 16.5. The number of amides is 2. The van der Waals surface area contributed by atoms with Crippen LogP contribution in [0.1, 0.15) is 48.9 Å². The summed E-state index contributed by atoms with van der Waals surface area (Å²) in [6.45, 7) is 0. The van der Waals surface area contributed by atoms with Gasteiger partial charge in [-0.05, 0) is 80.5 Å². The molecule has 4 aliphatic carbocycles. The average Bonchev–Trinajstić information content (AvgIpc) is 2.59. The van der Waals surface area contributed by atoms with E-state index in [9.17, 15) is 9.59 Å². The van der Waals surface area contributed by atoms with E-state index in [0.717, 1.165) is 23.4 Å². The molecule has 0 heterocycles. The van der Waals surface area contributed by atoms with Crippen molar-refractivity contribution >= 4 is 29.3 Å². The summed E-state index contributed by atoms with van der Waals surface area (Å²) in [5.41, 5.74) is 1.40. The van der Waals surface area contributed by atoms with Crippen molar-refractivity contribution in [1.29, 1.82) is 0 Å². The summed E-state index contributed by atoms with van der Waals surface area (Å²) in [6.07, 6.45) is 8.26. The lowest BCUT2D eigenvalue weighted by Gasteiger charge is -2.56. The number of nitrogens with zero attached hydrogens (tertiary/aromatic N) is 1. The third-order valence-electron chi connectivity index (χ3n) is 6.31. The van der Waals surface area contributed by atoms with Crippen LogP contribution < -0.4 is 5.32 Å². The topological polar surface area (TPSA) is 49.4 Å². The Bertz CT molecular complexity index is 663. The summed E-state index contributed by atoms with van der Waals surface area (Å²) in [4.78, 5) is 25.9. The van der Waals surface area contributed by atoms with Gasteiger partial charge in [0.15, 0.2) is 0 Å². The zero-order valence-electron chi connectivity index (χ0n) is 15.7. The number of anilines is 1. The molecule has 4 saturated carbocycles. The molecule has 0 spiro atoms. The highest BCUT2D eigenvalue weighted by molar-refractivity contribution is 8.01. The minimum Gasteiger partial charge on any atom is -0.345 e. The lowest BCUT2D eigenvalue weighted by atomic mass is 9.56. The van der Waals surface area contributed by atoms with Crippen LogP contribution in [0.4, 0.5) is 5.69 Å². The zero-order chi connectivity index (χ0) is 18.3. The van der Waals surface area contributed by atoms with Crippen LogP contribution >= 0.6 is 11.8 Å². The average molecular weight is 373 g/mol. The molecule has 1 N–H and O–H groups in total. The third kappa shape index (κ3) is 3.64. The highest BCUT2D eigenvalue weighted by Crippen LogP contribution is 2.60. The van der Waals surface area contributed by atoms with E-state index in [1.807, 2.05) is 23.9 Å². The van der Waals surface area contributed by atoms with E-state index >= 15 is 0 Å². The van der Waals surface area contributed by atoms with Crippen molar-refractivity contribution in [3.8, 4) is 0 Å². The normalized spacial score (nSPS) is 31.7. The molecular weight excluding hydrogens is 344 g/mol. The number of nitrogens with one attached hydrogen (secondary N) is 1. The maximum atomic E-state index is 12.4. The predicted octanol–water partition coefficient (Wildman–Crippen LogP) is 4.03. The fraction of sp³-hybridized carbons (Fsp3) is 0.619. The molecule has 140 valence electrons. The number of hydrogen-bond donors (Lipinski definition) is 1. The van der Waals surface area contributed by atoms with Gasteiger partial charge < -0.3 is 10.2 Å². The Hall–Kier alpha value is -1.49. The number of hydrogen-bond acceptors (Lipinski definition) is 3. The Balaban J connectivity index is 1.31. The van der Waals surface area contributed by atoms with Gasteiger partial charge in [-0.25, -0.2) is 0 Å². The Morgan fingerprint density at radius 2 is 1.58 bits per heavy atom. The largest absolute Gasteiger partial charge is 0.345 e. The van der Waals surface area contributed by atoms with E-state index in [-0.39, 0.29) is 11.8 Å². The number of carbonyl (C=O) groups excluding carboxylic acids is 2. The lowest BCUT2D eigenvalue weighted by Crippen LogP contribution is -2.49. The van der Waals surface area contributed by atoms with Crippen molar-refractivity contribution in [3.05, 3.63) is 29.8 Å². The van der Waals surface area contributed by atoms with Crippen LogP contribution in [-0.4, -0.2) is 41.3 Å². The first kappa shape index (κ1) is 17.9. The molecule has 0 saturated heterocycles. The number of carbonyl (C=O) groups is 2. The highest BCUT2D eigenvalue weighted by atomic mass is 32.2. The molecule has 0 radical (unpaired) electrons. The maximum absolute atomic E-state index is 12.4. The van der Waals surface area contributed by atoms with E-state index < -0.39 is 0 Å². The summed E-state index contributed by atoms with van der Waals surface area (Å²) in [6, 6.07) is 7.16. The van der Waals surface area contributed by atoms with Gasteiger partial charge in [0.1, 0.15) is 0 Å². The second-order valence-corrected chi connectivity index (χ2v) is 10.2. The highest BCUT2D eigenvalue weighted by Gasteiger charge is 2.51. The van der Waals surface area contributed by atoms with Crippen LogP contribution in [0.2, 0.25) is 0 Å². The molecule has 0 atom stereocenters. The molecule has 4 fully saturated rings. The van der Waals surface area contributed by atoms with Crippen molar-refractivity contribution in [1.82, 2.24) is 4.90 Å². The SMILES string of the molecule is CN(C)C(=O)c1ccc(NC(=O)CSC23CC4CC(CC(C4)C2)C3)cc1. The van der Waals surface area contributed by atoms with E-state index in [4.69, 9.17) is 0 Å². The van der Waals surface area contributed by atoms with Crippen LogP contribution in [0.5, 0.6) is 0 Å². The predicted molar refractivity (Wildman–Crippen MR) is 106 cm³/mol. The third-order valence-corrected chi connectivity index (χ3v) is 7.83. The molecule has 0 unspecified atom stereocenters. The van der Waals surface area contributed by atoms with Crippen LogP contribution in [0.25, 0.3) is 0 Å². The summed E-state index contributed by atoms with van der Waals surface area (Å²) in [5.74, 6) is 3.32. The second-order valence-electron chi connectivity index (χ2n) is 8.71. The van der Waals surface area contributed by atoms with Crippen molar-refractivity contribution in [2.24, 2.45) is 17.8 Å². The number of benzene rings is 1. The molecule has 26 heavy (non-hydrogen) atoms. The van der Waals surface area contributed by atoms with Gasteiger partial charge in [0.25, 0.3) is 5.91 Å². The van der Waals surface area contributed by atoms with Crippen LogP contribution in [0.15, 0.2) is 24.3 Å². The molecular formula is C21H28N2O2S. The Kier molecular flexibility index (Phi) is 4.76. The smallest absolute Gasteiger partial charge is 0.253 e. The molecule has 1 aromatic rings. The fourth-order valence-electron chi connectivity index (χ4n) is 5.58. The first-order valence-corrected chi connectivity index (χ1v) is 10.7. The Morgan fingerprint density at radius 3 is 2.08 bits per heavy atom. The lowest BCUT2D eigenvalue weighted by molar-refractivity contribution is -0.113. The van der Waals surface area contributed by atoms with E-state index in [2.05, 4.69) is 5.32 Å². The molecule has 4 bridgehead atoms. The first-order chi connectivity index (χ1) is 12.4. The van der Waals surface area contributed by atoms with Gasteiger partial charge in [0.2, 0.25) is 5.91 Å². The second kappa shape index (κ2) is 6.91. The summed E-state index contributed by atoms with van der Waals surface area (Å²) in [7, 11) is 3.47. The summed E-state index contributed by atoms with van der Waals surface area (Å²) < 4.78 is 0.369. The molecule has 0 aromatic heterocycles. The van der Waals surface area contributed by atoms with Crippen LogP contribution in [0.3, 0.4) is 0 Å². The molecule has 5 heteroatoms. The van der Waals surface area contributed by atoms with Crippen LogP contribution in [0, 0.1) is 17.8 Å². The molecule has 2 amide bonds. The maximum Gasteiger partial charge on any atom is 0.253 e. The van der Waals surface area contributed by atoms with Crippen LogP contribution in [-0.2, 0) is 4.79 Å². The molecule has 4 aliphatic rings. The standard InChI is InChI=1S/C21H28N2O2S/c1-23(2)20(25)17-3-5-18(6-4-17)22-19(24)13-26-21-10-14-7-15(11-21)9-16(8-14)12-21/h3-6,14-16H,7-13H2,1-2H3,(H,22,24). The van der Waals surface area contributed by atoms with Crippen molar-refractivity contribution in [2.75, 3.05) is 25.2 Å². The van der Waals surface area contributed by atoms with E-state index in [1.54, 1.807) is 31.1 Å². The molecule has 0 aliphatic heterocycles. The first-order valence-electron chi connectivity index (χ1n) is 9.68. The van der Waals surface area contributed by atoms with Gasteiger partial charge in [-0.3, -0.25) is 9.59 Å². The van der Waals surface area contributed by atoms with Gasteiger partial charge in [0.05, 0.1) is 5.75 Å². The summed E-state index contributed by atoms with van der Waals surface area (Å²) in [5, 5.41) is 2.99. The van der Waals surface area contributed by atoms with Gasteiger partial charge in [-0.2, -0.15) is 0 Å². The van der Waals surface area contributed by atoms with Crippen molar-refractivity contribution in [3.63, 3.8) is 0 Å². The molecule has 1 aromatic carbocycles. The number of thioether (sulfide) groups is 1. The Labute approximate surface area is 160 Å². The fourth-order valence-corrected chi connectivity index (χ4v) is 7.15. The van der Waals surface area contributed by atoms with E-state index in [1.165, 1.54) is 38.5 Å². The monoisotopic (exact) mass is 372 g/mol. The minimum absolute atomic E-state index is 0.0275. The summed E-state index contributed by atoms with van der Waals surface area (Å²) >= 11 is 1.90. The minimum atomic E-state index is -0.0275. The Morgan fingerprint density at radius 1 is 1.04 bits per heavy atom. The van der Waals surface area contributed by atoms with Crippen molar-refractivity contribution < 1.29 is 9.59 Å². The van der Waals surface area contributed by atoms with Gasteiger partial charge in [-0.1, -0.05) is 0 Å². The van der Waals surface area contributed by atoms with E-state index in [0.29, 0.717) is 16.1 Å². The quantitative estimate of drug-likeness (QED) is 0.849. The van der Waals surface area contributed by atoms with Gasteiger partial charge in [0, 0.05) is 30.1 Å². The molecule has 5 rings (SSSR count). The van der Waals surface area contributed by atoms with Gasteiger partial charge in [-0.15, -0.1) is 11.8 Å².